The number of nitrogens with zero attached hydrogens (tertiary/aromatic N) is 1. The van der Waals surface area contributed by atoms with E-state index in [0.717, 1.165) is 5.69 Å². The molecule has 0 atom stereocenters. The summed E-state index contributed by atoms with van der Waals surface area (Å²) in [6.07, 6.45) is 1.68. The summed E-state index contributed by atoms with van der Waals surface area (Å²) in [7, 11) is 1.33. The van der Waals surface area contributed by atoms with Gasteiger partial charge in [0.05, 0.1) is 31.5 Å². The number of anilines is 1. The molecule has 114 valence electrons. The van der Waals surface area contributed by atoms with Crippen LogP contribution in [0.25, 0.3) is 0 Å². The lowest BCUT2D eigenvalue weighted by molar-refractivity contribution is -0.119. The molecular weight excluding hydrogens is 282 g/mol. The Morgan fingerprint density at radius 1 is 1.18 bits per heavy atom. The highest BCUT2D eigenvalue weighted by Gasteiger charge is 2.06. The SMILES string of the molecule is COC(=O)c1cccc(NCC(=O)NCc2ccccn2)c1. The first-order valence-corrected chi connectivity index (χ1v) is 6.78. The molecule has 0 fully saturated rings. The molecule has 2 aromatic rings. The first-order chi connectivity index (χ1) is 10.7. The highest BCUT2D eigenvalue weighted by Crippen LogP contribution is 2.11. The van der Waals surface area contributed by atoms with Crippen molar-refractivity contribution in [2.75, 3.05) is 19.0 Å². The quantitative estimate of drug-likeness (QED) is 0.792. The molecule has 1 amide bonds. The number of carbonyl (C=O) groups is 2. The number of carbonyl (C=O) groups excluding carboxylic acids is 2. The summed E-state index contributed by atoms with van der Waals surface area (Å²) in [6, 6.07) is 12.3. The molecule has 0 aliphatic heterocycles. The molecule has 1 aromatic carbocycles. The van der Waals surface area contributed by atoms with Crippen LogP contribution >= 0.6 is 0 Å². The number of aromatic nitrogens is 1. The zero-order valence-corrected chi connectivity index (χ0v) is 12.2. The van der Waals surface area contributed by atoms with Gasteiger partial charge in [-0.25, -0.2) is 4.79 Å². The first-order valence-electron chi connectivity index (χ1n) is 6.78. The molecule has 0 saturated carbocycles. The molecule has 2 rings (SSSR count). The van der Waals surface area contributed by atoms with Gasteiger partial charge in [-0.1, -0.05) is 12.1 Å². The molecule has 0 aliphatic rings. The van der Waals surface area contributed by atoms with E-state index in [9.17, 15) is 9.59 Å². The number of methoxy groups -OCH3 is 1. The molecule has 0 spiro atoms. The van der Waals surface area contributed by atoms with Gasteiger partial charge in [0.15, 0.2) is 0 Å². The maximum Gasteiger partial charge on any atom is 0.337 e. The fourth-order valence-electron chi connectivity index (χ4n) is 1.81. The van der Waals surface area contributed by atoms with Gasteiger partial charge in [0.2, 0.25) is 5.91 Å². The van der Waals surface area contributed by atoms with Crippen LogP contribution < -0.4 is 10.6 Å². The number of nitrogens with one attached hydrogen (secondary N) is 2. The minimum Gasteiger partial charge on any atom is -0.465 e. The van der Waals surface area contributed by atoms with Crippen LogP contribution in [0.15, 0.2) is 48.7 Å². The monoisotopic (exact) mass is 299 g/mol. The van der Waals surface area contributed by atoms with Crippen LogP contribution in [0, 0.1) is 0 Å². The van der Waals surface area contributed by atoms with Gasteiger partial charge in [-0.2, -0.15) is 0 Å². The Bertz CT molecular complexity index is 644. The summed E-state index contributed by atoms with van der Waals surface area (Å²) in [6.45, 7) is 0.487. The van der Waals surface area contributed by atoms with Gasteiger partial charge >= 0.3 is 5.97 Å². The summed E-state index contributed by atoms with van der Waals surface area (Å²) in [5.41, 5.74) is 1.90. The smallest absolute Gasteiger partial charge is 0.337 e. The van der Waals surface area contributed by atoms with Crippen LogP contribution in [0.4, 0.5) is 5.69 Å². The van der Waals surface area contributed by atoms with Crippen molar-refractivity contribution >= 4 is 17.6 Å². The highest BCUT2D eigenvalue weighted by atomic mass is 16.5. The Morgan fingerprint density at radius 2 is 2.05 bits per heavy atom. The normalized spacial score (nSPS) is 9.86. The van der Waals surface area contributed by atoms with E-state index in [1.807, 2.05) is 18.2 Å². The highest BCUT2D eigenvalue weighted by molar-refractivity contribution is 5.90. The third-order valence-corrected chi connectivity index (χ3v) is 2.93. The zero-order chi connectivity index (χ0) is 15.8. The second kappa shape index (κ2) is 7.78. The van der Waals surface area contributed by atoms with Crippen LogP contribution in [-0.4, -0.2) is 30.5 Å². The van der Waals surface area contributed by atoms with Crippen molar-refractivity contribution in [3.8, 4) is 0 Å². The number of pyridine rings is 1. The molecule has 0 unspecified atom stereocenters. The molecule has 22 heavy (non-hydrogen) atoms. The molecule has 0 aliphatic carbocycles. The van der Waals surface area contributed by atoms with E-state index < -0.39 is 5.97 Å². The molecule has 0 saturated heterocycles. The van der Waals surface area contributed by atoms with E-state index in [1.54, 1.807) is 30.5 Å². The van der Waals surface area contributed by atoms with Crippen molar-refractivity contribution < 1.29 is 14.3 Å². The summed E-state index contributed by atoms with van der Waals surface area (Å²) >= 11 is 0. The molecular formula is C16H17N3O3. The van der Waals surface area contributed by atoms with Gasteiger partial charge in [-0.05, 0) is 30.3 Å². The third kappa shape index (κ3) is 4.59. The second-order valence-corrected chi connectivity index (χ2v) is 4.52. The van der Waals surface area contributed by atoms with E-state index in [4.69, 9.17) is 0 Å². The molecule has 0 bridgehead atoms. The molecule has 6 nitrogen and oxygen atoms in total. The Labute approximate surface area is 128 Å². The van der Waals surface area contributed by atoms with Crippen molar-refractivity contribution in [1.82, 2.24) is 10.3 Å². The standard InChI is InChI=1S/C16H17N3O3/c1-22-16(21)12-5-4-7-13(9-12)18-11-15(20)19-10-14-6-2-3-8-17-14/h2-9,18H,10-11H2,1H3,(H,19,20). The van der Waals surface area contributed by atoms with Gasteiger partial charge < -0.3 is 15.4 Å². The molecule has 1 heterocycles. The van der Waals surface area contributed by atoms with Crippen molar-refractivity contribution in [2.24, 2.45) is 0 Å². The fraction of sp³-hybridized carbons (Fsp3) is 0.188. The largest absolute Gasteiger partial charge is 0.465 e. The van der Waals surface area contributed by atoms with E-state index in [-0.39, 0.29) is 12.5 Å². The zero-order valence-electron chi connectivity index (χ0n) is 12.2. The number of rotatable bonds is 6. The summed E-state index contributed by atoms with van der Waals surface area (Å²) < 4.78 is 4.65. The van der Waals surface area contributed by atoms with Crippen molar-refractivity contribution in [3.63, 3.8) is 0 Å². The van der Waals surface area contributed by atoms with Crippen molar-refractivity contribution in [1.29, 1.82) is 0 Å². The van der Waals surface area contributed by atoms with E-state index in [0.29, 0.717) is 17.8 Å². The lowest BCUT2D eigenvalue weighted by Gasteiger charge is -2.08. The van der Waals surface area contributed by atoms with E-state index in [2.05, 4.69) is 20.4 Å². The van der Waals surface area contributed by atoms with Gasteiger partial charge in [0.25, 0.3) is 0 Å². The number of benzene rings is 1. The maximum absolute atomic E-state index is 11.8. The summed E-state index contributed by atoms with van der Waals surface area (Å²) in [5, 5.41) is 5.72. The maximum atomic E-state index is 11.8. The topological polar surface area (TPSA) is 80.3 Å². The number of ether oxygens (including phenoxy) is 1. The number of esters is 1. The van der Waals surface area contributed by atoms with Crippen LogP contribution in [-0.2, 0) is 16.1 Å². The van der Waals surface area contributed by atoms with Gasteiger partial charge in [0, 0.05) is 11.9 Å². The van der Waals surface area contributed by atoms with Crippen molar-refractivity contribution in [2.45, 2.75) is 6.54 Å². The van der Waals surface area contributed by atoms with E-state index in [1.165, 1.54) is 7.11 Å². The third-order valence-electron chi connectivity index (χ3n) is 2.93. The predicted octanol–water partition coefficient (Wildman–Crippen LogP) is 1.60. The lowest BCUT2D eigenvalue weighted by Crippen LogP contribution is -2.29. The lowest BCUT2D eigenvalue weighted by atomic mass is 10.2. The van der Waals surface area contributed by atoms with Gasteiger partial charge in [-0.15, -0.1) is 0 Å². The minimum atomic E-state index is -0.414. The minimum absolute atomic E-state index is 0.109. The number of amides is 1. The van der Waals surface area contributed by atoms with Gasteiger partial charge in [0.1, 0.15) is 0 Å². The predicted molar refractivity (Wildman–Crippen MR) is 82.4 cm³/mol. The van der Waals surface area contributed by atoms with E-state index >= 15 is 0 Å². The average molecular weight is 299 g/mol. The van der Waals surface area contributed by atoms with Gasteiger partial charge in [-0.3, -0.25) is 9.78 Å². The second-order valence-electron chi connectivity index (χ2n) is 4.52. The Morgan fingerprint density at radius 3 is 2.77 bits per heavy atom. The molecule has 1 aromatic heterocycles. The fourth-order valence-corrected chi connectivity index (χ4v) is 1.81. The van der Waals surface area contributed by atoms with Crippen molar-refractivity contribution in [3.05, 3.63) is 59.9 Å². The molecule has 2 N–H and O–H groups in total. The Balaban J connectivity index is 1.82. The first kappa shape index (κ1) is 15.5. The molecule has 0 radical (unpaired) electrons. The van der Waals surface area contributed by atoms with Crippen LogP contribution in [0.5, 0.6) is 0 Å². The summed E-state index contributed by atoms with van der Waals surface area (Å²) in [5.74, 6) is -0.572. The summed E-state index contributed by atoms with van der Waals surface area (Å²) in [4.78, 5) is 27.3. The number of hydrogen-bond donors (Lipinski definition) is 2. The Hall–Kier alpha value is -2.89. The van der Waals surface area contributed by atoms with Crippen LogP contribution in [0.2, 0.25) is 0 Å². The Kier molecular flexibility index (Phi) is 5.48. The molecule has 6 heteroatoms. The van der Waals surface area contributed by atoms with Crippen LogP contribution in [0.1, 0.15) is 16.1 Å². The number of hydrogen-bond acceptors (Lipinski definition) is 5. The average Bonchev–Trinajstić information content (AvgIpc) is 2.58. The van der Waals surface area contributed by atoms with Crippen LogP contribution in [0.3, 0.4) is 0 Å².